The SMILES string of the molecule is C[C@H]1OC(c2ccc(OCCCO)cc2)=N[C@@]1(CCC(=O)OC(C)(C)C)C(=O)N1CCCCC1. The molecule has 0 unspecified atom stereocenters. The van der Waals surface area contributed by atoms with Crippen molar-refractivity contribution in [2.24, 2.45) is 4.99 Å². The van der Waals surface area contributed by atoms with Crippen LogP contribution in [0.3, 0.4) is 0 Å². The first kappa shape index (κ1) is 26.0. The van der Waals surface area contributed by atoms with E-state index < -0.39 is 17.2 Å². The Morgan fingerprint density at radius 1 is 1.18 bits per heavy atom. The molecule has 3 rings (SSSR count). The molecule has 0 saturated carbocycles. The molecule has 2 atom stereocenters. The molecule has 1 saturated heterocycles. The number of hydrogen-bond acceptors (Lipinski definition) is 7. The summed E-state index contributed by atoms with van der Waals surface area (Å²) in [5.41, 5.74) is -1.01. The van der Waals surface area contributed by atoms with Crippen molar-refractivity contribution in [1.29, 1.82) is 0 Å². The maximum absolute atomic E-state index is 13.8. The number of nitrogens with zero attached hydrogens (tertiary/aromatic N) is 2. The van der Waals surface area contributed by atoms with E-state index in [9.17, 15) is 9.59 Å². The zero-order valence-electron chi connectivity index (χ0n) is 20.8. The second-order valence-corrected chi connectivity index (χ2v) is 9.99. The topological polar surface area (TPSA) is 97.7 Å². The van der Waals surface area contributed by atoms with Gasteiger partial charge in [-0.05, 0) is 77.6 Å². The van der Waals surface area contributed by atoms with Gasteiger partial charge in [-0.15, -0.1) is 0 Å². The second-order valence-electron chi connectivity index (χ2n) is 9.99. The Hall–Kier alpha value is -2.61. The summed E-state index contributed by atoms with van der Waals surface area (Å²) in [7, 11) is 0. The standard InChI is InChI=1S/C26H38N2O6/c1-19-26(14-13-22(30)34-25(2,3)4,24(31)28-15-6-5-7-16-28)27-23(33-19)20-9-11-21(12-10-20)32-18-8-17-29/h9-12,19,29H,5-8,13-18H2,1-4H3/t19-,26-/m1/s1. The van der Waals surface area contributed by atoms with Crippen LogP contribution in [-0.4, -0.2) is 71.3 Å². The summed E-state index contributed by atoms with van der Waals surface area (Å²) in [5.74, 6) is 0.647. The summed E-state index contributed by atoms with van der Waals surface area (Å²) >= 11 is 0. The van der Waals surface area contributed by atoms with Crippen LogP contribution in [0.2, 0.25) is 0 Å². The number of carbonyl (C=O) groups excluding carboxylic acids is 2. The predicted molar refractivity (Wildman–Crippen MR) is 129 cm³/mol. The fraction of sp³-hybridized carbons (Fsp3) is 0.654. The van der Waals surface area contributed by atoms with Crippen molar-refractivity contribution < 1.29 is 28.9 Å². The molecule has 1 aromatic rings. The fourth-order valence-electron chi connectivity index (χ4n) is 4.29. The molecule has 188 valence electrons. The Labute approximate surface area is 202 Å². The van der Waals surface area contributed by atoms with E-state index >= 15 is 0 Å². The highest BCUT2D eigenvalue weighted by molar-refractivity contribution is 6.01. The van der Waals surface area contributed by atoms with E-state index in [0.29, 0.717) is 37.8 Å². The number of piperidine rings is 1. The van der Waals surface area contributed by atoms with Crippen LogP contribution < -0.4 is 4.74 Å². The van der Waals surface area contributed by atoms with Crippen molar-refractivity contribution in [3.05, 3.63) is 29.8 Å². The van der Waals surface area contributed by atoms with Crippen LogP contribution in [0, 0.1) is 0 Å². The lowest BCUT2D eigenvalue weighted by atomic mass is 9.86. The smallest absolute Gasteiger partial charge is 0.306 e. The molecule has 0 aliphatic carbocycles. The molecule has 0 spiro atoms. The number of ether oxygens (including phenoxy) is 3. The lowest BCUT2D eigenvalue weighted by molar-refractivity contribution is -0.155. The molecule has 2 heterocycles. The Morgan fingerprint density at radius 2 is 1.85 bits per heavy atom. The normalized spacial score (nSPS) is 22.7. The monoisotopic (exact) mass is 474 g/mol. The maximum Gasteiger partial charge on any atom is 0.306 e. The van der Waals surface area contributed by atoms with Crippen LogP contribution in [0.15, 0.2) is 29.3 Å². The van der Waals surface area contributed by atoms with Crippen molar-refractivity contribution >= 4 is 17.8 Å². The van der Waals surface area contributed by atoms with Gasteiger partial charge < -0.3 is 24.2 Å². The Kier molecular flexibility index (Phi) is 8.57. The van der Waals surface area contributed by atoms with E-state index in [2.05, 4.69) is 0 Å². The highest BCUT2D eigenvalue weighted by Gasteiger charge is 2.52. The molecule has 1 aromatic carbocycles. The van der Waals surface area contributed by atoms with Crippen LogP contribution in [-0.2, 0) is 19.1 Å². The van der Waals surface area contributed by atoms with E-state index in [0.717, 1.165) is 24.8 Å². The number of likely N-dealkylation sites (tertiary alicyclic amines) is 1. The first-order chi connectivity index (χ1) is 16.1. The first-order valence-corrected chi connectivity index (χ1v) is 12.3. The van der Waals surface area contributed by atoms with Gasteiger partial charge in [-0.3, -0.25) is 9.59 Å². The van der Waals surface area contributed by atoms with Crippen molar-refractivity contribution in [3.63, 3.8) is 0 Å². The molecular weight excluding hydrogens is 436 g/mol. The van der Waals surface area contributed by atoms with Crippen molar-refractivity contribution in [2.45, 2.75) is 83.5 Å². The molecule has 1 N–H and O–H groups in total. The van der Waals surface area contributed by atoms with Gasteiger partial charge in [0.1, 0.15) is 17.5 Å². The minimum absolute atomic E-state index is 0.0804. The van der Waals surface area contributed by atoms with Gasteiger partial charge in [0.2, 0.25) is 5.90 Å². The van der Waals surface area contributed by atoms with Crippen LogP contribution in [0.25, 0.3) is 0 Å². The van der Waals surface area contributed by atoms with Crippen molar-refractivity contribution in [2.75, 3.05) is 26.3 Å². The summed E-state index contributed by atoms with van der Waals surface area (Å²) in [6, 6.07) is 7.32. The van der Waals surface area contributed by atoms with E-state index in [1.165, 1.54) is 0 Å². The maximum atomic E-state index is 13.8. The average molecular weight is 475 g/mol. The van der Waals surface area contributed by atoms with E-state index in [1.807, 2.05) is 56.9 Å². The Bertz CT molecular complexity index is 870. The molecule has 0 radical (unpaired) electrons. The highest BCUT2D eigenvalue weighted by Crippen LogP contribution is 2.36. The van der Waals surface area contributed by atoms with E-state index in [4.69, 9.17) is 24.3 Å². The number of rotatable bonds is 9. The van der Waals surface area contributed by atoms with Gasteiger partial charge in [-0.25, -0.2) is 4.99 Å². The quantitative estimate of drug-likeness (QED) is 0.435. The van der Waals surface area contributed by atoms with Gasteiger partial charge in [0.05, 0.1) is 6.61 Å². The van der Waals surface area contributed by atoms with Crippen molar-refractivity contribution in [3.8, 4) is 5.75 Å². The number of benzene rings is 1. The predicted octanol–water partition coefficient (Wildman–Crippen LogP) is 3.49. The Morgan fingerprint density at radius 3 is 2.47 bits per heavy atom. The summed E-state index contributed by atoms with van der Waals surface area (Å²) in [6.45, 7) is 9.24. The molecule has 2 aliphatic rings. The van der Waals surface area contributed by atoms with Gasteiger partial charge in [0, 0.05) is 38.1 Å². The molecule has 0 aromatic heterocycles. The van der Waals surface area contributed by atoms with Crippen LogP contribution in [0.5, 0.6) is 5.75 Å². The third-order valence-electron chi connectivity index (χ3n) is 6.08. The van der Waals surface area contributed by atoms with Gasteiger partial charge >= 0.3 is 5.97 Å². The molecule has 34 heavy (non-hydrogen) atoms. The number of amides is 1. The number of esters is 1. The largest absolute Gasteiger partial charge is 0.494 e. The summed E-state index contributed by atoms with van der Waals surface area (Å²) < 4.78 is 17.2. The highest BCUT2D eigenvalue weighted by atomic mass is 16.6. The second kappa shape index (κ2) is 11.2. The van der Waals surface area contributed by atoms with Gasteiger partial charge in [-0.1, -0.05) is 0 Å². The zero-order chi connectivity index (χ0) is 24.8. The molecule has 1 amide bonds. The molecule has 0 bridgehead atoms. The number of aliphatic hydroxyl groups is 1. The lowest BCUT2D eigenvalue weighted by Crippen LogP contribution is -2.54. The molecule has 2 aliphatic heterocycles. The average Bonchev–Trinajstić information content (AvgIpc) is 3.14. The number of carbonyl (C=O) groups is 2. The zero-order valence-corrected chi connectivity index (χ0v) is 20.8. The molecular formula is C26H38N2O6. The summed E-state index contributed by atoms with van der Waals surface area (Å²) in [6.07, 6.45) is 3.41. The number of aliphatic hydroxyl groups excluding tert-OH is 1. The number of aliphatic imine (C=N–C) groups is 1. The van der Waals surface area contributed by atoms with Gasteiger partial charge in [-0.2, -0.15) is 0 Å². The summed E-state index contributed by atoms with van der Waals surface area (Å²) in [5, 5.41) is 8.91. The third-order valence-corrected chi connectivity index (χ3v) is 6.08. The van der Waals surface area contributed by atoms with Crippen LogP contribution in [0.1, 0.15) is 71.8 Å². The third kappa shape index (κ3) is 6.50. The van der Waals surface area contributed by atoms with Crippen molar-refractivity contribution in [1.82, 2.24) is 4.90 Å². The molecule has 8 nitrogen and oxygen atoms in total. The fourth-order valence-corrected chi connectivity index (χ4v) is 4.29. The van der Waals surface area contributed by atoms with E-state index in [-0.39, 0.29) is 31.3 Å². The minimum atomic E-state index is -1.17. The van der Waals surface area contributed by atoms with Crippen LogP contribution in [0.4, 0.5) is 0 Å². The molecule has 1 fully saturated rings. The lowest BCUT2D eigenvalue weighted by Gasteiger charge is -2.36. The number of hydrogen-bond donors (Lipinski definition) is 1. The van der Waals surface area contributed by atoms with E-state index in [1.54, 1.807) is 0 Å². The first-order valence-electron chi connectivity index (χ1n) is 12.3. The van der Waals surface area contributed by atoms with Gasteiger partial charge in [0.25, 0.3) is 5.91 Å². The minimum Gasteiger partial charge on any atom is -0.494 e. The van der Waals surface area contributed by atoms with Gasteiger partial charge in [0.15, 0.2) is 5.54 Å². The molecule has 8 heteroatoms. The summed E-state index contributed by atoms with van der Waals surface area (Å²) in [4.78, 5) is 33.0. The Balaban J connectivity index is 1.83. The van der Waals surface area contributed by atoms with Crippen LogP contribution >= 0.6 is 0 Å².